The predicted molar refractivity (Wildman–Crippen MR) is 83.8 cm³/mol. The SMILES string of the molecule is COC1(OC)C(=O)C=C[C@@H]2CN(C)C[C@@]21C1OCC(C)(C)CO1. The quantitative estimate of drug-likeness (QED) is 0.723. The summed E-state index contributed by atoms with van der Waals surface area (Å²) in [4.78, 5) is 14.9. The average Bonchev–Trinajstić information content (AvgIpc) is 2.85. The lowest BCUT2D eigenvalue weighted by molar-refractivity contribution is -0.350. The first-order chi connectivity index (χ1) is 10.8. The van der Waals surface area contributed by atoms with Gasteiger partial charge < -0.3 is 23.8 Å². The third kappa shape index (κ3) is 2.31. The van der Waals surface area contributed by atoms with Crippen LogP contribution in [0.4, 0.5) is 0 Å². The lowest BCUT2D eigenvalue weighted by Crippen LogP contribution is -2.68. The van der Waals surface area contributed by atoms with Crippen LogP contribution in [0.15, 0.2) is 12.2 Å². The highest BCUT2D eigenvalue weighted by atomic mass is 16.7. The van der Waals surface area contributed by atoms with Gasteiger partial charge in [0.25, 0.3) is 0 Å². The van der Waals surface area contributed by atoms with Crippen LogP contribution in [0.3, 0.4) is 0 Å². The van der Waals surface area contributed by atoms with Gasteiger partial charge >= 0.3 is 0 Å². The second kappa shape index (κ2) is 5.63. The number of ketones is 1. The molecule has 130 valence electrons. The number of hydrogen-bond acceptors (Lipinski definition) is 6. The van der Waals surface area contributed by atoms with Crippen molar-refractivity contribution in [2.75, 3.05) is 47.6 Å². The van der Waals surface area contributed by atoms with Crippen LogP contribution in [-0.2, 0) is 23.7 Å². The Labute approximate surface area is 137 Å². The third-order valence-electron chi connectivity index (χ3n) is 5.37. The van der Waals surface area contributed by atoms with E-state index in [-0.39, 0.29) is 17.1 Å². The van der Waals surface area contributed by atoms with Gasteiger partial charge in [0.15, 0.2) is 6.29 Å². The van der Waals surface area contributed by atoms with Crippen molar-refractivity contribution < 1.29 is 23.7 Å². The minimum atomic E-state index is -1.39. The molecule has 2 atom stereocenters. The zero-order chi connectivity index (χ0) is 16.9. The first-order valence-electron chi connectivity index (χ1n) is 8.06. The van der Waals surface area contributed by atoms with Crippen molar-refractivity contribution in [3.05, 3.63) is 12.2 Å². The fraction of sp³-hybridized carbons (Fsp3) is 0.824. The maximum Gasteiger partial charge on any atom is 0.245 e. The van der Waals surface area contributed by atoms with Crippen molar-refractivity contribution in [1.29, 1.82) is 0 Å². The molecule has 0 aromatic carbocycles. The van der Waals surface area contributed by atoms with Crippen molar-refractivity contribution >= 4 is 5.78 Å². The molecule has 0 aromatic heterocycles. The lowest BCUT2D eigenvalue weighted by atomic mass is 9.65. The Morgan fingerprint density at radius 1 is 1.22 bits per heavy atom. The molecule has 0 unspecified atom stereocenters. The van der Waals surface area contributed by atoms with Crippen molar-refractivity contribution in [1.82, 2.24) is 4.90 Å². The van der Waals surface area contributed by atoms with Crippen molar-refractivity contribution in [2.24, 2.45) is 16.7 Å². The predicted octanol–water partition coefficient (Wildman–Crippen LogP) is 1.06. The minimum Gasteiger partial charge on any atom is -0.351 e. The van der Waals surface area contributed by atoms with Crippen molar-refractivity contribution in [3.63, 3.8) is 0 Å². The number of hydrogen-bond donors (Lipinski definition) is 0. The summed E-state index contributed by atoms with van der Waals surface area (Å²) < 4.78 is 23.6. The van der Waals surface area contributed by atoms with Gasteiger partial charge in [-0.05, 0) is 13.1 Å². The largest absolute Gasteiger partial charge is 0.351 e. The Hall–Kier alpha value is -0.790. The van der Waals surface area contributed by atoms with Crippen LogP contribution < -0.4 is 0 Å². The summed E-state index contributed by atoms with van der Waals surface area (Å²) in [5, 5.41) is 0. The van der Waals surface area contributed by atoms with Crippen LogP contribution in [0.5, 0.6) is 0 Å². The minimum absolute atomic E-state index is 0.0372. The van der Waals surface area contributed by atoms with E-state index in [0.717, 1.165) is 6.54 Å². The third-order valence-corrected chi connectivity index (χ3v) is 5.37. The molecule has 2 fully saturated rings. The maximum atomic E-state index is 12.7. The van der Waals surface area contributed by atoms with Gasteiger partial charge in [0.05, 0.1) is 13.2 Å². The summed E-state index contributed by atoms with van der Waals surface area (Å²) in [6.07, 6.45) is 2.98. The number of likely N-dealkylation sites (tertiary alicyclic amines) is 1. The van der Waals surface area contributed by atoms with Crippen LogP contribution in [0.1, 0.15) is 13.8 Å². The molecule has 0 bridgehead atoms. The number of ether oxygens (including phenoxy) is 4. The Morgan fingerprint density at radius 3 is 2.39 bits per heavy atom. The number of carbonyl (C=O) groups excluding carboxylic acids is 1. The van der Waals surface area contributed by atoms with E-state index in [1.807, 2.05) is 13.1 Å². The summed E-state index contributed by atoms with van der Waals surface area (Å²) in [6.45, 7) is 6.79. The monoisotopic (exact) mass is 325 g/mol. The summed E-state index contributed by atoms with van der Waals surface area (Å²) in [5.41, 5.74) is -0.752. The van der Waals surface area contributed by atoms with Gasteiger partial charge in [-0.3, -0.25) is 4.79 Å². The van der Waals surface area contributed by atoms with Gasteiger partial charge in [0.2, 0.25) is 11.6 Å². The second-order valence-corrected chi connectivity index (χ2v) is 7.71. The molecule has 0 radical (unpaired) electrons. The standard InChI is InChI=1S/C17H27NO5/c1-15(2)10-22-14(23-11-15)16-9-18(3)8-12(16)6-7-13(19)17(16,20-4)21-5/h6-7,12,14H,8-11H2,1-5H3/t12-,16+/m1/s1. The topological polar surface area (TPSA) is 57.2 Å². The zero-order valence-electron chi connectivity index (χ0n) is 14.6. The first-order valence-corrected chi connectivity index (χ1v) is 8.06. The number of methoxy groups -OCH3 is 2. The van der Waals surface area contributed by atoms with Gasteiger partial charge in [0, 0.05) is 38.6 Å². The van der Waals surface area contributed by atoms with Crippen LogP contribution >= 0.6 is 0 Å². The molecule has 0 amide bonds. The molecule has 3 rings (SSSR count). The van der Waals surface area contributed by atoms with E-state index in [9.17, 15) is 4.79 Å². The number of nitrogens with zero attached hydrogens (tertiary/aromatic N) is 1. The lowest BCUT2D eigenvalue weighted by Gasteiger charge is -2.53. The molecule has 1 aliphatic carbocycles. The van der Waals surface area contributed by atoms with Crippen LogP contribution in [0.2, 0.25) is 0 Å². The summed E-state index contributed by atoms with van der Waals surface area (Å²) in [6, 6.07) is 0. The van der Waals surface area contributed by atoms with Gasteiger partial charge in [-0.25, -0.2) is 0 Å². The van der Waals surface area contributed by atoms with Crippen molar-refractivity contribution in [3.8, 4) is 0 Å². The van der Waals surface area contributed by atoms with E-state index in [1.54, 1.807) is 6.08 Å². The van der Waals surface area contributed by atoms with E-state index < -0.39 is 17.5 Å². The average molecular weight is 325 g/mol. The molecular weight excluding hydrogens is 298 g/mol. The molecule has 0 spiro atoms. The highest BCUT2D eigenvalue weighted by molar-refractivity contribution is 5.98. The Morgan fingerprint density at radius 2 is 1.83 bits per heavy atom. The fourth-order valence-corrected chi connectivity index (χ4v) is 4.31. The molecule has 0 saturated carbocycles. The first kappa shape index (κ1) is 17.0. The normalized spacial score (nSPS) is 37.1. The summed E-state index contributed by atoms with van der Waals surface area (Å²) >= 11 is 0. The van der Waals surface area contributed by atoms with Crippen LogP contribution in [-0.4, -0.2) is 70.3 Å². The fourth-order valence-electron chi connectivity index (χ4n) is 4.31. The summed E-state index contributed by atoms with van der Waals surface area (Å²) in [7, 11) is 5.07. The van der Waals surface area contributed by atoms with E-state index in [0.29, 0.717) is 19.8 Å². The second-order valence-electron chi connectivity index (χ2n) is 7.71. The van der Waals surface area contributed by atoms with Crippen LogP contribution in [0, 0.1) is 16.7 Å². The Balaban J connectivity index is 2.05. The van der Waals surface area contributed by atoms with Crippen molar-refractivity contribution in [2.45, 2.75) is 25.9 Å². The number of rotatable bonds is 3. The molecule has 23 heavy (non-hydrogen) atoms. The molecule has 3 aliphatic rings. The number of fused-ring (bicyclic) bond motifs is 1. The maximum absolute atomic E-state index is 12.7. The number of carbonyl (C=O) groups is 1. The molecule has 0 N–H and O–H groups in total. The zero-order valence-corrected chi connectivity index (χ0v) is 14.6. The van der Waals surface area contributed by atoms with E-state index >= 15 is 0 Å². The van der Waals surface area contributed by atoms with E-state index in [1.165, 1.54) is 14.2 Å². The summed E-state index contributed by atoms with van der Waals surface area (Å²) in [5.74, 6) is -1.51. The molecule has 2 heterocycles. The molecule has 6 nitrogen and oxygen atoms in total. The van der Waals surface area contributed by atoms with Gasteiger partial charge in [0.1, 0.15) is 5.41 Å². The Kier molecular flexibility index (Phi) is 4.18. The highest BCUT2D eigenvalue weighted by Gasteiger charge is 2.70. The van der Waals surface area contributed by atoms with Gasteiger partial charge in [-0.15, -0.1) is 0 Å². The van der Waals surface area contributed by atoms with E-state index in [4.69, 9.17) is 18.9 Å². The molecule has 0 aromatic rings. The molecule has 2 aliphatic heterocycles. The van der Waals surface area contributed by atoms with Gasteiger partial charge in [-0.2, -0.15) is 0 Å². The molecule has 6 heteroatoms. The van der Waals surface area contributed by atoms with Gasteiger partial charge in [-0.1, -0.05) is 19.9 Å². The molecule has 2 saturated heterocycles. The molecular formula is C17H27NO5. The smallest absolute Gasteiger partial charge is 0.245 e. The highest BCUT2D eigenvalue weighted by Crippen LogP contribution is 2.54. The Bertz CT molecular complexity index is 503. The van der Waals surface area contributed by atoms with Crippen LogP contribution in [0.25, 0.3) is 0 Å². The van der Waals surface area contributed by atoms with E-state index in [2.05, 4.69) is 18.7 Å².